The molecule has 1 fully saturated rings. The Hall–Kier alpha value is -4.35. The van der Waals surface area contributed by atoms with Crippen LogP contribution in [0.25, 0.3) is 0 Å². The molecule has 0 bridgehead atoms. The second kappa shape index (κ2) is 21.1. The lowest BCUT2D eigenvalue weighted by Crippen LogP contribution is -2.59. The summed E-state index contributed by atoms with van der Waals surface area (Å²) in [6.45, 7) is 15.7. The number of amides is 4. The van der Waals surface area contributed by atoms with Gasteiger partial charge in [-0.1, -0.05) is 94.9 Å². The van der Waals surface area contributed by atoms with Crippen LogP contribution in [0.2, 0.25) is 0 Å². The summed E-state index contributed by atoms with van der Waals surface area (Å²) in [4.78, 5) is 69.9. The molecule has 1 heterocycles. The second-order valence-corrected chi connectivity index (χ2v) is 14.3. The molecule has 11 nitrogen and oxygen atoms in total. The van der Waals surface area contributed by atoms with E-state index in [1.54, 1.807) is 6.92 Å². The van der Waals surface area contributed by atoms with Gasteiger partial charge in [0.05, 0.1) is 25.8 Å². The topological polar surface area (TPSA) is 146 Å². The molecule has 278 valence electrons. The van der Waals surface area contributed by atoms with Crippen molar-refractivity contribution < 1.29 is 28.7 Å². The molecule has 0 saturated carbocycles. The number of hydrogen-bond acceptors (Lipinski definition) is 7. The van der Waals surface area contributed by atoms with Gasteiger partial charge in [0.15, 0.2) is 5.78 Å². The number of carbonyl (C=O) groups is 5. The molecular weight excluding hydrogens is 646 g/mol. The lowest BCUT2D eigenvalue weighted by molar-refractivity contribution is -0.134. The first kappa shape index (κ1) is 41.1. The number of morpholine rings is 1. The maximum atomic E-state index is 14.0. The summed E-state index contributed by atoms with van der Waals surface area (Å²) in [5.74, 6) is -1.91. The minimum absolute atomic E-state index is 0.0183. The van der Waals surface area contributed by atoms with E-state index in [1.165, 1.54) is 0 Å². The summed E-state index contributed by atoms with van der Waals surface area (Å²) in [5.41, 5.74) is 2.17. The number of hydrogen-bond donors (Lipinski definition) is 4. The van der Waals surface area contributed by atoms with Gasteiger partial charge in [0.25, 0.3) is 0 Å². The maximum absolute atomic E-state index is 14.0. The standard InChI is InChI=1S/C40H57N5O6/c1-27(2)23-33(37(47)29(5)6)42-40(50)35(25-31-15-11-8-12-16-31)44-39(49)34(24-28(3)4)43-38(48)32(18-17-30-13-9-7-10-14-30)41-36(46)26-45-19-21-51-22-20-45/h7-16,27-28,32-35H,5,17-26H2,1-4,6H3,(H,41,46)(H,42,50)(H,43,48)(H,44,49)/t32-,33?,34?,35?/m0/s1. The van der Waals surface area contributed by atoms with Crippen LogP contribution in [-0.4, -0.2) is 91.3 Å². The summed E-state index contributed by atoms with van der Waals surface area (Å²) >= 11 is 0. The van der Waals surface area contributed by atoms with Gasteiger partial charge in [-0.3, -0.25) is 28.9 Å². The van der Waals surface area contributed by atoms with E-state index < -0.39 is 41.9 Å². The quantitative estimate of drug-likeness (QED) is 0.155. The highest BCUT2D eigenvalue weighted by molar-refractivity contribution is 6.01. The Morgan fingerprint density at radius 1 is 0.686 bits per heavy atom. The Morgan fingerprint density at radius 2 is 1.18 bits per heavy atom. The van der Waals surface area contributed by atoms with Gasteiger partial charge in [-0.05, 0) is 61.1 Å². The van der Waals surface area contributed by atoms with Gasteiger partial charge in [-0.15, -0.1) is 0 Å². The Labute approximate surface area is 303 Å². The fourth-order valence-corrected chi connectivity index (χ4v) is 6.01. The monoisotopic (exact) mass is 703 g/mol. The van der Waals surface area contributed by atoms with Gasteiger partial charge in [0, 0.05) is 19.5 Å². The van der Waals surface area contributed by atoms with Gasteiger partial charge in [0.1, 0.15) is 18.1 Å². The van der Waals surface area contributed by atoms with Crippen LogP contribution in [-0.2, 0) is 41.6 Å². The zero-order chi connectivity index (χ0) is 37.3. The summed E-state index contributed by atoms with van der Waals surface area (Å²) in [6, 6.07) is 15.3. The van der Waals surface area contributed by atoms with Gasteiger partial charge in [-0.25, -0.2) is 0 Å². The number of ketones is 1. The molecule has 0 radical (unpaired) electrons. The molecule has 0 aromatic heterocycles. The van der Waals surface area contributed by atoms with E-state index in [0.717, 1.165) is 11.1 Å². The third-order valence-corrected chi connectivity index (χ3v) is 8.70. The molecule has 2 aromatic carbocycles. The smallest absolute Gasteiger partial charge is 0.243 e. The number of rotatable bonds is 20. The first-order valence-corrected chi connectivity index (χ1v) is 18.1. The molecule has 4 N–H and O–H groups in total. The molecule has 2 aromatic rings. The number of ether oxygens (including phenoxy) is 1. The number of aryl methyl sites for hydroxylation is 1. The molecule has 0 spiro atoms. The molecule has 0 aliphatic carbocycles. The molecule has 1 aliphatic heterocycles. The van der Waals surface area contributed by atoms with Crippen LogP contribution < -0.4 is 21.3 Å². The van der Waals surface area contributed by atoms with Crippen molar-refractivity contribution in [1.29, 1.82) is 0 Å². The van der Waals surface area contributed by atoms with Crippen molar-refractivity contribution in [2.75, 3.05) is 32.8 Å². The minimum atomic E-state index is -1.03. The van der Waals surface area contributed by atoms with E-state index >= 15 is 0 Å². The van der Waals surface area contributed by atoms with Crippen molar-refractivity contribution in [3.63, 3.8) is 0 Å². The molecule has 4 amide bonds. The molecule has 3 rings (SSSR count). The number of Topliss-reactive ketones (excluding diaryl/α,β-unsaturated/α-hetero) is 1. The third-order valence-electron chi connectivity index (χ3n) is 8.70. The van der Waals surface area contributed by atoms with Crippen molar-refractivity contribution in [2.45, 2.75) is 90.9 Å². The predicted octanol–water partition coefficient (Wildman–Crippen LogP) is 3.37. The van der Waals surface area contributed by atoms with Crippen molar-refractivity contribution in [3.05, 3.63) is 83.9 Å². The fraction of sp³-hybridized carbons (Fsp3) is 0.525. The number of nitrogens with one attached hydrogen (secondary N) is 4. The van der Waals surface area contributed by atoms with Gasteiger partial charge < -0.3 is 26.0 Å². The highest BCUT2D eigenvalue weighted by Gasteiger charge is 2.32. The molecule has 1 aliphatic rings. The van der Waals surface area contributed by atoms with E-state index in [4.69, 9.17) is 4.74 Å². The minimum Gasteiger partial charge on any atom is -0.379 e. The SMILES string of the molecule is C=C(C)C(=O)C(CC(C)C)NC(=O)C(Cc1ccccc1)NC(=O)C(CC(C)C)NC(=O)[C@H](CCc1ccccc1)NC(=O)CN1CCOCC1. The molecule has 4 atom stereocenters. The zero-order valence-electron chi connectivity index (χ0n) is 30.9. The zero-order valence-corrected chi connectivity index (χ0v) is 30.9. The average molecular weight is 704 g/mol. The van der Waals surface area contributed by atoms with Crippen LogP contribution in [0.4, 0.5) is 0 Å². The Bertz CT molecular complexity index is 1440. The summed E-state index contributed by atoms with van der Waals surface area (Å²) in [5, 5.41) is 11.6. The fourth-order valence-electron chi connectivity index (χ4n) is 6.01. The Morgan fingerprint density at radius 3 is 1.75 bits per heavy atom. The highest BCUT2D eigenvalue weighted by Crippen LogP contribution is 2.13. The van der Waals surface area contributed by atoms with Crippen LogP contribution in [0.3, 0.4) is 0 Å². The summed E-state index contributed by atoms with van der Waals surface area (Å²) in [6.07, 6.45) is 1.75. The largest absolute Gasteiger partial charge is 0.379 e. The van der Waals surface area contributed by atoms with Crippen molar-refractivity contribution in [3.8, 4) is 0 Å². The maximum Gasteiger partial charge on any atom is 0.243 e. The van der Waals surface area contributed by atoms with E-state index in [9.17, 15) is 24.0 Å². The average Bonchev–Trinajstić information content (AvgIpc) is 3.09. The van der Waals surface area contributed by atoms with Crippen LogP contribution in [0.1, 0.15) is 65.0 Å². The normalized spacial score (nSPS) is 15.7. The highest BCUT2D eigenvalue weighted by atomic mass is 16.5. The van der Waals surface area contributed by atoms with Crippen LogP contribution in [0.15, 0.2) is 72.8 Å². The lowest BCUT2D eigenvalue weighted by atomic mass is 9.96. The van der Waals surface area contributed by atoms with Crippen LogP contribution in [0, 0.1) is 11.8 Å². The first-order chi connectivity index (χ1) is 24.3. The van der Waals surface area contributed by atoms with Crippen LogP contribution >= 0.6 is 0 Å². The molecule has 3 unspecified atom stereocenters. The number of nitrogens with zero attached hydrogens (tertiary/aromatic N) is 1. The molecular formula is C40H57N5O6. The van der Waals surface area contributed by atoms with E-state index in [-0.39, 0.29) is 36.5 Å². The Kier molecular flexibility index (Phi) is 17.0. The van der Waals surface area contributed by atoms with E-state index in [2.05, 4.69) is 27.8 Å². The van der Waals surface area contributed by atoms with Gasteiger partial charge in [-0.2, -0.15) is 0 Å². The third kappa shape index (κ3) is 14.8. The lowest BCUT2D eigenvalue weighted by Gasteiger charge is -2.29. The molecule has 11 heteroatoms. The van der Waals surface area contributed by atoms with E-state index in [1.807, 2.05) is 93.3 Å². The molecule has 51 heavy (non-hydrogen) atoms. The number of carbonyl (C=O) groups excluding carboxylic acids is 5. The van der Waals surface area contributed by atoms with Crippen LogP contribution in [0.5, 0.6) is 0 Å². The number of benzene rings is 2. The van der Waals surface area contributed by atoms with E-state index in [0.29, 0.717) is 57.6 Å². The van der Waals surface area contributed by atoms with Crippen molar-refractivity contribution in [2.24, 2.45) is 11.8 Å². The van der Waals surface area contributed by atoms with Crippen molar-refractivity contribution >= 4 is 29.4 Å². The Balaban J connectivity index is 1.82. The second-order valence-electron chi connectivity index (χ2n) is 14.3. The predicted molar refractivity (Wildman–Crippen MR) is 199 cm³/mol. The summed E-state index contributed by atoms with van der Waals surface area (Å²) in [7, 11) is 0. The molecule has 1 saturated heterocycles. The summed E-state index contributed by atoms with van der Waals surface area (Å²) < 4.78 is 5.40. The van der Waals surface area contributed by atoms with Gasteiger partial charge >= 0.3 is 0 Å². The van der Waals surface area contributed by atoms with Gasteiger partial charge in [0.2, 0.25) is 23.6 Å². The van der Waals surface area contributed by atoms with Crippen molar-refractivity contribution in [1.82, 2.24) is 26.2 Å². The first-order valence-electron chi connectivity index (χ1n) is 18.1.